The first kappa shape index (κ1) is 14.5. The normalized spacial score (nSPS) is 25.8. The number of nitrogens with zero attached hydrogens (tertiary/aromatic N) is 3. The molecule has 1 aromatic rings. The zero-order chi connectivity index (χ0) is 14.7. The van der Waals surface area contributed by atoms with E-state index in [1.165, 1.54) is 25.7 Å². The Bertz CT molecular complexity index is 481. The molecule has 1 aromatic heterocycles. The van der Waals surface area contributed by atoms with Gasteiger partial charge in [0.25, 0.3) is 0 Å². The van der Waals surface area contributed by atoms with E-state index in [0.29, 0.717) is 11.9 Å². The molecule has 0 radical (unpaired) electrons. The fraction of sp³-hybridized carbons (Fsp3) is 0.733. The van der Waals surface area contributed by atoms with Gasteiger partial charge >= 0.3 is 0 Å². The van der Waals surface area contributed by atoms with Crippen molar-refractivity contribution in [2.75, 3.05) is 37.3 Å². The molecular weight excluding hydrogens is 266 g/mol. The predicted octanol–water partition coefficient (Wildman–Crippen LogP) is 1.29. The average Bonchev–Trinajstić information content (AvgIpc) is 2.95. The quantitative estimate of drug-likeness (QED) is 0.851. The van der Waals surface area contributed by atoms with E-state index >= 15 is 0 Å². The van der Waals surface area contributed by atoms with E-state index in [0.717, 1.165) is 43.9 Å². The third kappa shape index (κ3) is 3.27. The van der Waals surface area contributed by atoms with Crippen LogP contribution in [-0.4, -0.2) is 53.3 Å². The lowest BCUT2D eigenvalue weighted by molar-refractivity contribution is -0.0416. The zero-order valence-electron chi connectivity index (χ0n) is 12.7. The maximum atomic E-state index is 5.96. The first-order chi connectivity index (χ1) is 10.3. The van der Waals surface area contributed by atoms with Gasteiger partial charge in [-0.05, 0) is 25.8 Å². The van der Waals surface area contributed by atoms with E-state index < -0.39 is 0 Å². The van der Waals surface area contributed by atoms with Gasteiger partial charge in [0.15, 0.2) is 0 Å². The second kappa shape index (κ2) is 6.58. The molecule has 116 valence electrons. The number of fused-ring (bicyclic) bond motifs is 1. The van der Waals surface area contributed by atoms with E-state index in [2.05, 4.69) is 27.1 Å². The number of nitrogens with one attached hydrogen (secondary N) is 1. The standard InChI is InChI=1S/C15H25N5O/c1-2-4-13-14(16)18-10-19-15(13)17-7-12-8-20-6-3-5-11(20)9-21-12/h10-12H,2-9H2,1H3,(H3,16,17,18,19). The number of aromatic nitrogens is 2. The number of hydrogen-bond donors (Lipinski definition) is 2. The lowest BCUT2D eigenvalue weighted by Gasteiger charge is -2.35. The number of anilines is 2. The minimum absolute atomic E-state index is 0.227. The highest BCUT2D eigenvalue weighted by Crippen LogP contribution is 2.23. The van der Waals surface area contributed by atoms with Crippen LogP contribution in [0.5, 0.6) is 0 Å². The SMILES string of the molecule is CCCc1c(N)ncnc1NCC1CN2CCCC2CO1. The van der Waals surface area contributed by atoms with Crippen molar-refractivity contribution in [1.29, 1.82) is 0 Å². The van der Waals surface area contributed by atoms with Crippen molar-refractivity contribution in [1.82, 2.24) is 14.9 Å². The molecule has 0 amide bonds. The fourth-order valence-corrected chi connectivity index (χ4v) is 3.29. The topological polar surface area (TPSA) is 76.3 Å². The number of morpholine rings is 1. The third-order valence-electron chi connectivity index (χ3n) is 4.44. The maximum Gasteiger partial charge on any atom is 0.134 e. The van der Waals surface area contributed by atoms with Gasteiger partial charge in [-0.3, -0.25) is 4.90 Å². The van der Waals surface area contributed by atoms with Gasteiger partial charge in [0.1, 0.15) is 18.0 Å². The van der Waals surface area contributed by atoms with Crippen molar-refractivity contribution in [3.63, 3.8) is 0 Å². The summed E-state index contributed by atoms with van der Waals surface area (Å²) >= 11 is 0. The van der Waals surface area contributed by atoms with Gasteiger partial charge in [-0.2, -0.15) is 0 Å². The van der Waals surface area contributed by atoms with Crippen LogP contribution in [0.2, 0.25) is 0 Å². The first-order valence-electron chi connectivity index (χ1n) is 7.96. The largest absolute Gasteiger partial charge is 0.383 e. The molecular formula is C15H25N5O. The molecule has 0 aliphatic carbocycles. The molecule has 0 saturated carbocycles. The van der Waals surface area contributed by atoms with Crippen LogP contribution < -0.4 is 11.1 Å². The van der Waals surface area contributed by atoms with Gasteiger partial charge in [0, 0.05) is 24.7 Å². The van der Waals surface area contributed by atoms with Crippen LogP contribution in [0.25, 0.3) is 0 Å². The van der Waals surface area contributed by atoms with Gasteiger partial charge < -0.3 is 15.8 Å². The molecule has 0 bridgehead atoms. The molecule has 0 aromatic carbocycles. The monoisotopic (exact) mass is 291 g/mol. The van der Waals surface area contributed by atoms with Crippen LogP contribution in [0, 0.1) is 0 Å². The molecule has 6 heteroatoms. The summed E-state index contributed by atoms with van der Waals surface area (Å²) in [7, 11) is 0. The molecule has 6 nitrogen and oxygen atoms in total. The van der Waals surface area contributed by atoms with E-state index in [1.807, 2.05) is 0 Å². The van der Waals surface area contributed by atoms with E-state index in [-0.39, 0.29) is 6.10 Å². The third-order valence-corrected chi connectivity index (χ3v) is 4.44. The van der Waals surface area contributed by atoms with Gasteiger partial charge in [0.05, 0.1) is 12.7 Å². The van der Waals surface area contributed by atoms with Gasteiger partial charge in [-0.15, -0.1) is 0 Å². The van der Waals surface area contributed by atoms with Crippen molar-refractivity contribution in [3.05, 3.63) is 11.9 Å². The minimum Gasteiger partial charge on any atom is -0.383 e. The van der Waals surface area contributed by atoms with Crippen molar-refractivity contribution >= 4 is 11.6 Å². The highest BCUT2D eigenvalue weighted by molar-refractivity contribution is 5.55. The van der Waals surface area contributed by atoms with Crippen LogP contribution in [0.4, 0.5) is 11.6 Å². The highest BCUT2D eigenvalue weighted by Gasteiger charge is 2.32. The lowest BCUT2D eigenvalue weighted by Crippen LogP contribution is -2.48. The van der Waals surface area contributed by atoms with Crippen molar-refractivity contribution in [3.8, 4) is 0 Å². The van der Waals surface area contributed by atoms with Gasteiger partial charge in [-0.25, -0.2) is 9.97 Å². The molecule has 2 aliphatic rings. The number of rotatable bonds is 5. The summed E-state index contributed by atoms with van der Waals surface area (Å²) in [6.07, 6.45) is 6.26. The molecule has 3 N–H and O–H groups in total. The minimum atomic E-state index is 0.227. The Hall–Kier alpha value is -1.40. The van der Waals surface area contributed by atoms with Crippen molar-refractivity contribution in [2.45, 2.75) is 44.8 Å². The van der Waals surface area contributed by atoms with Crippen molar-refractivity contribution < 1.29 is 4.74 Å². The summed E-state index contributed by atoms with van der Waals surface area (Å²) < 4.78 is 5.96. The Morgan fingerprint density at radius 2 is 2.38 bits per heavy atom. The Morgan fingerprint density at radius 3 is 3.24 bits per heavy atom. The molecule has 21 heavy (non-hydrogen) atoms. The fourth-order valence-electron chi connectivity index (χ4n) is 3.29. The second-order valence-electron chi connectivity index (χ2n) is 5.96. The van der Waals surface area contributed by atoms with Crippen LogP contribution >= 0.6 is 0 Å². The highest BCUT2D eigenvalue weighted by atomic mass is 16.5. The van der Waals surface area contributed by atoms with E-state index in [1.54, 1.807) is 0 Å². The molecule has 2 aliphatic heterocycles. The molecule has 2 unspecified atom stereocenters. The summed E-state index contributed by atoms with van der Waals surface area (Å²) in [6, 6.07) is 0.645. The summed E-state index contributed by atoms with van der Waals surface area (Å²) in [5.74, 6) is 1.44. The van der Waals surface area contributed by atoms with Crippen LogP contribution in [0.1, 0.15) is 31.7 Å². The summed E-state index contributed by atoms with van der Waals surface area (Å²) in [5.41, 5.74) is 6.98. The molecule has 0 spiro atoms. The van der Waals surface area contributed by atoms with Crippen LogP contribution in [0.15, 0.2) is 6.33 Å². The summed E-state index contributed by atoms with van der Waals surface area (Å²) in [4.78, 5) is 11.0. The zero-order valence-corrected chi connectivity index (χ0v) is 12.7. The molecule has 3 rings (SSSR count). The molecule has 2 fully saturated rings. The average molecular weight is 291 g/mol. The maximum absolute atomic E-state index is 5.96. The van der Waals surface area contributed by atoms with Crippen molar-refractivity contribution in [2.24, 2.45) is 0 Å². The van der Waals surface area contributed by atoms with Gasteiger partial charge in [-0.1, -0.05) is 13.3 Å². The second-order valence-corrected chi connectivity index (χ2v) is 5.96. The van der Waals surface area contributed by atoms with Crippen LogP contribution in [-0.2, 0) is 11.2 Å². The first-order valence-corrected chi connectivity index (χ1v) is 7.96. The van der Waals surface area contributed by atoms with Gasteiger partial charge in [0.2, 0.25) is 0 Å². The number of hydrogen-bond acceptors (Lipinski definition) is 6. The molecule has 2 atom stereocenters. The Labute approximate surface area is 126 Å². The summed E-state index contributed by atoms with van der Waals surface area (Å²) in [6.45, 7) is 6.00. The van der Waals surface area contributed by atoms with E-state index in [9.17, 15) is 0 Å². The number of ether oxygens (including phenoxy) is 1. The lowest BCUT2D eigenvalue weighted by atomic mass is 10.1. The number of nitrogens with two attached hydrogens (primary N) is 1. The van der Waals surface area contributed by atoms with E-state index in [4.69, 9.17) is 10.5 Å². The Kier molecular flexibility index (Phi) is 4.55. The molecule has 3 heterocycles. The van der Waals surface area contributed by atoms with Crippen LogP contribution in [0.3, 0.4) is 0 Å². The number of nitrogen functional groups attached to an aromatic ring is 1. The Morgan fingerprint density at radius 1 is 1.48 bits per heavy atom. The smallest absolute Gasteiger partial charge is 0.134 e. The summed E-state index contributed by atoms with van der Waals surface area (Å²) in [5, 5.41) is 3.41. The Balaban J connectivity index is 1.59. The predicted molar refractivity (Wildman–Crippen MR) is 83.3 cm³/mol. The molecule has 2 saturated heterocycles.